The summed E-state index contributed by atoms with van der Waals surface area (Å²) >= 11 is 0. The van der Waals surface area contributed by atoms with E-state index in [9.17, 15) is 9.18 Å². The maximum atomic E-state index is 13.0. The van der Waals surface area contributed by atoms with E-state index in [-0.39, 0.29) is 17.8 Å². The van der Waals surface area contributed by atoms with Crippen LogP contribution in [-0.2, 0) is 0 Å². The summed E-state index contributed by atoms with van der Waals surface area (Å²) in [6.45, 7) is 2.81. The highest BCUT2D eigenvalue weighted by Gasteiger charge is 2.30. The molecular weight excluding hydrogens is 265 g/mol. The smallest absolute Gasteiger partial charge is 0.254 e. The Morgan fingerprint density at radius 3 is 2.43 bits per heavy atom. The number of aryl methyl sites for hydroxylation is 1. The quantitative estimate of drug-likeness (QED) is 0.812. The highest BCUT2D eigenvalue weighted by atomic mass is 19.1. The van der Waals surface area contributed by atoms with Crippen molar-refractivity contribution in [3.8, 4) is 0 Å². The fourth-order valence-electron chi connectivity index (χ4n) is 2.90. The molecule has 1 saturated heterocycles. The topological polar surface area (TPSA) is 20.3 Å². The lowest BCUT2D eigenvalue weighted by molar-refractivity contribution is 0.0735. The molecule has 0 aromatic heterocycles. The van der Waals surface area contributed by atoms with Crippen LogP contribution in [0.25, 0.3) is 0 Å². The molecule has 2 nitrogen and oxygen atoms in total. The van der Waals surface area contributed by atoms with Crippen LogP contribution in [-0.4, -0.2) is 17.4 Å². The van der Waals surface area contributed by atoms with E-state index in [1.54, 1.807) is 12.1 Å². The summed E-state index contributed by atoms with van der Waals surface area (Å²) in [5, 5.41) is 0. The number of carbonyl (C=O) groups is 1. The monoisotopic (exact) mass is 283 g/mol. The molecule has 0 saturated carbocycles. The van der Waals surface area contributed by atoms with Gasteiger partial charge in [-0.3, -0.25) is 4.79 Å². The number of carbonyl (C=O) groups excluding carboxylic acids is 1. The molecule has 108 valence electrons. The largest absolute Gasteiger partial charge is 0.332 e. The van der Waals surface area contributed by atoms with Gasteiger partial charge in [0.15, 0.2) is 0 Å². The van der Waals surface area contributed by atoms with Crippen LogP contribution in [0.4, 0.5) is 4.39 Å². The molecule has 1 fully saturated rings. The number of nitrogens with zero attached hydrogens (tertiary/aromatic N) is 1. The van der Waals surface area contributed by atoms with Crippen molar-refractivity contribution in [2.45, 2.75) is 25.8 Å². The molecule has 0 aliphatic carbocycles. The zero-order valence-corrected chi connectivity index (χ0v) is 12.1. The Bertz CT molecular complexity index is 633. The van der Waals surface area contributed by atoms with Crippen molar-refractivity contribution in [1.29, 1.82) is 0 Å². The molecule has 0 N–H and O–H groups in total. The van der Waals surface area contributed by atoms with E-state index in [4.69, 9.17) is 0 Å². The van der Waals surface area contributed by atoms with E-state index in [1.807, 2.05) is 4.90 Å². The third-order valence-corrected chi connectivity index (χ3v) is 4.07. The van der Waals surface area contributed by atoms with Gasteiger partial charge in [-0.25, -0.2) is 4.39 Å². The SMILES string of the molecule is Cc1ccc([C@@H]2CCCN2C(=O)c2ccc(F)cc2)cc1. The number of benzene rings is 2. The molecule has 0 bridgehead atoms. The highest BCUT2D eigenvalue weighted by Crippen LogP contribution is 2.33. The molecular formula is C18H18FNO. The number of halogens is 1. The van der Waals surface area contributed by atoms with Gasteiger partial charge in [-0.2, -0.15) is 0 Å². The summed E-state index contributed by atoms with van der Waals surface area (Å²) in [5.41, 5.74) is 2.94. The van der Waals surface area contributed by atoms with E-state index in [0.29, 0.717) is 5.56 Å². The lowest BCUT2D eigenvalue weighted by Gasteiger charge is -2.25. The summed E-state index contributed by atoms with van der Waals surface area (Å²) in [6, 6.07) is 14.3. The zero-order valence-electron chi connectivity index (χ0n) is 12.1. The molecule has 21 heavy (non-hydrogen) atoms. The Morgan fingerprint density at radius 1 is 1.10 bits per heavy atom. The van der Waals surface area contributed by atoms with E-state index >= 15 is 0 Å². The summed E-state index contributed by atoms with van der Waals surface area (Å²) in [6.07, 6.45) is 1.99. The second-order valence-corrected chi connectivity index (χ2v) is 5.57. The maximum absolute atomic E-state index is 13.0. The Kier molecular flexibility index (Phi) is 3.74. The van der Waals surface area contributed by atoms with Gasteiger partial charge < -0.3 is 4.90 Å². The van der Waals surface area contributed by atoms with Gasteiger partial charge in [0.1, 0.15) is 5.82 Å². The maximum Gasteiger partial charge on any atom is 0.254 e. The number of rotatable bonds is 2. The average molecular weight is 283 g/mol. The molecule has 1 heterocycles. The number of hydrogen-bond acceptors (Lipinski definition) is 1. The molecule has 1 atom stereocenters. The molecule has 0 radical (unpaired) electrons. The van der Waals surface area contributed by atoms with Crippen molar-refractivity contribution in [3.05, 3.63) is 71.0 Å². The minimum absolute atomic E-state index is 0.0157. The lowest BCUT2D eigenvalue weighted by Crippen LogP contribution is -2.30. The van der Waals surface area contributed by atoms with Gasteiger partial charge in [-0.15, -0.1) is 0 Å². The van der Waals surface area contributed by atoms with Crippen LogP contribution in [0.1, 0.15) is 40.4 Å². The summed E-state index contributed by atoms with van der Waals surface area (Å²) in [5.74, 6) is -0.332. The van der Waals surface area contributed by atoms with Gasteiger partial charge in [-0.1, -0.05) is 29.8 Å². The van der Waals surface area contributed by atoms with Gasteiger partial charge in [-0.05, 0) is 49.6 Å². The molecule has 0 unspecified atom stereocenters. The van der Waals surface area contributed by atoms with E-state index in [2.05, 4.69) is 31.2 Å². The van der Waals surface area contributed by atoms with Gasteiger partial charge in [0.05, 0.1) is 6.04 Å². The molecule has 1 aliphatic rings. The number of hydrogen-bond donors (Lipinski definition) is 0. The minimum atomic E-state index is -0.317. The first-order chi connectivity index (χ1) is 10.1. The normalized spacial score (nSPS) is 18.0. The average Bonchev–Trinajstić information content (AvgIpc) is 2.97. The van der Waals surface area contributed by atoms with Gasteiger partial charge >= 0.3 is 0 Å². The molecule has 2 aromatic carbocycles. The lowest BCUT2D eigenvalue weighted by atomic mass is 10.0. The Balaban J connectivity index is 1.85. The number of likely N-dealkylation sites (tertiary alicyclic amines) is 1. The molecule has 3 heteroatoms. The number of amides is 1. The van der Waals surface area contributed by atoms with Crippen LogP contribution in [0.2, 0.25) is 0 Å². The standard InChI is InChI=1S/C18H18FNO/c1-13-4-6-14(7-5-13)17-3-2-12-20(17)18(21)15-8-10-16(19)11-9-15/h4-11,17H,2-3,12H2,1H3/t17-/m0/s1. The highest BCUT2D eigenvalue weighted by molar-refractivity contribution is 5.94. The van der Waals surface area contributed by atoms with Crippen LogP contribution in [0, 0.1) is 12.7 Å². The molecule has 2 aromatic rings. The van der Waals surface area contributed by atoms with Crippen molar-refractivity contribution in [1.82, 2.24) is 4.90 Å². The van der Waals surface area contributed by atoms with E-state index in [0.717, 1.165) is 19.4 Å². The van der Waals surface area contributed by atoms with Gasteiger partial charge in [0.25, 0.3) is 5.91 Å². The summed E-state index contributed by atoms with van der Waals surface area (Å²) in [4.78, 5) is 14.5. The van der Waals surface area contributed by atoms with E-state index in [1.165, 1.54) is 23.3 Å². The van der Waals surface area contributed by atoms with Crippen LogP contribution in [0.15, 0.2) is 48.5 Å². The third kappa shape index (κ3) is 2.82. The first-order valence-electron chi connectivity index (χ1n) is 7.28. The van der Waals surface area contributed by atoms with Crippen LogP contribution >= 0.6 is 0 Å². The van der Waals surface area contributed by atoms with Crippen molar-refractivity contribution < 1.29 is 9.18 Å². The first-order valence-corrected chi connectivity index (χ1v) is 7.28. The van der Waals surface area contributed by atoms with Crippen molar-refractivity contribution in [2.24, 2.45) is 0 Å². The third-order valence-electron chi connectivity index (χ3n) is 4.07. The van der Waals surface area contributed by atoms with Crippen LogP contribution in [0.5, 0.6) is 0 Å². The van der Waals surface area contributed by atoms with Crippen LogP contribution < -0.4 is 0 Å². The summed E-state index contributed by atoms with van der Waals surface area (Å²) < 4.78 is 13.0. The molecule has 3 rings (SSSR count). The van der Waals surface area contributed by atoms with Crippen molar-refractivity contribution in [3.63, 3.8) is 0 Å². The second kappa shape index (κ2) is 5.68. The first kappa shape index (κ1) is 13.8. The Hall–Kier alpha value is -2.16. The van der Waals surface area contributed by atoms with Crippen molar-refractivity contribution in [2.75, 3.05) is 6.54 Å². The van der Waals surface area contributed by atoms with E-state index < -0.39 is 0 Å². The molecule has 1 aliphatic heterocycles. The summed E-state index contributed by atoms with van der Waals surface area (Å²) in [7, 11) is 0. The fraction of sp³-hybridized carbons (Fsp3) is 0.278. The zero-order chi connectivity index (χ0) is 14.8. The predicted molar refractivity (Wildman–Crippen MR) is 80.6 cm³/mol. The second-order valence-electron chi connectivity index (χ2n) is 5.57. The molecule has 0 spiro atoms. The predicted octanol–water partition coefficient (Wildman–Crippen LogP) is 4.11. The van der Waals surface area contributed by atoms with Gasteiger partial charge in [0.2, 0.25) is 0 Å². The minimum Gasteiger partial charge on any atom is -0.332 e. The van der Waals surface area contributed by atoms with Crippen LogP contribution in [0.3, 0.4) is 0 Å². The Morgan fingerprint density at radius 2 is 1.76 bits per heavy atom. The fourth-order valence-corrected chi connectivity index (χ4v) is 2.90. The Labute approximate surface area is 124 Å². The van der Waals surface area contributed by atoms with Crippen molar-refractivity contribution >= 4 is 5.91 Å². The van der Waals surface area contributed by atoms with Gasteiger partial charge in [0, 0.05) is 12.1 Å². The molecule has 1 amide bonds.